The van der Waals surface area contributed by atoms with Gasteiger partial charge in [-0.2, -0.15) is 0 Å². The van der Waals surface area contributed by atoms with E-state index >= 15 is 0 Å². The molecule has 1 atom stereocenters. The average molecular weight is 334 g/mol. The van der Waals surface area contributed by atoms with E-state index in [-0.39, 0.29) is 11.5 Å². The standard InChI is InChI=1S/C17H26N4O3/c1-11(2)14-10-21(7-3-6-20(14)9-12-4-5-12)16(23)13-8-18-17(24)19-15(13)22/h8,11-12,14H,3-7,9-10H2,1-2H3,(H2,18,19,22,24)/t14-/m0/s1. The number of nitrogens with zero attached hydrogens (tertiary/aromatic N) is 2. The van der Waals surface area contributed by atoms with Crippen molar-refractivity contribution in [2.75, 3.05) is 26.2 Å². The molecule has 2 heterocycles. The van der Waals surface area contributed by atoms with Gasteiger partial charge in [0.1, 0.15) is 5.56 Å². The van der Waals surface area contributed by atoms with E-state index in [4.69, 9.17) is 0 Å². The fraction of sp³-hybridized carbons (Fsp3) is 0.706. The number of carbonyl (C=O) groups is 1. The molecule has 0 bridgehead atoms. The predicted octanol–water partition coefficient (Wildman–Crippen LogP) is 0.646. The summed E-state index contributed by atoms with van der Waals surface area (Å²) in [5, 5.41) is 0. The molecule has 24 heavy (non-hydrogen) atoms. The maximum absolute atomic E-state index is 12.8. The number of hydrogen-bond donors (Lipinski definition) is 2. The molecule has 7 heteroatoms. The van der Waals surface area contributed by atoms with Gasteiger partial charge in [0.05, 0.1) is 0 Å². The molecule has 1 saturated carbocycles. The van der Waals surface area contributed by atoms with Crippen LogP contribution in [0.5, 0.6) is 0 Å². The molecular weight excluding hydrogens is 308 g/mol. The van der Waals surface area contributed by atoms with Gasteiger partial charge in [-0.15, -0.1) is 0 Å². The van der Waals surface area contributed by atoms with Gasteiger partial charge in [-0.3, -0.25) is 19.5 Å². The lowest BCUT2D eigenvalue weighted by atomic mass is 10.0. The van der Waals surface area contributed by atoms with Gasteiger partial charge in [0.25, 0.3) is 11.5 Å². The van der Waals surface area contributed by atoms with Crippen LogP contribution in [0.2, 0.25) is 0 Å². The van der Waals surface area contributed by atoms with Crippen molar-refractivity contribution in [3.05, 3.63) is 32.6 Å². The van der Waals surface area contributed by atoms with Gasteiger partial charge in [0.15, 0.2) is 0 Å². The van der Waals surface area contributed by atoms with Crippen molar-refractivity contribution in [3.63, 3.8) is 0 Å². The van der Waals surface area contributed by atoms with Crippen LogP contribution in [0, 0.1) is 11.8 Å². The van der Waals surface area contributed by atoms with Gasteiger partial charge < -0.3 is 9.88 Å². The summed E-state index contributed by atoms with van der Waals surface area (Å²) >= 11 is 0. The first-order valence-corrected chi connectivity index (χ1v) is 8.81. The van der Waals surface area contributed by atoms with Crippen LogP contribution in [0.15, 0.2) is 15.8 Å². The number of aromatic amines is 2. The smallest absolute Gasteiger partial charge is 0.325 e. The van der Waals surface area contributed by atoms with Gasteiger partial charge >= 0.3 is 5.69 Å². The molecule has 1 aliphatic carbocycles. The van der Waals surface area contributed by atoms with E-state index in [1.807, 2.05) is 0 Å². The summed E-state index contributed by atoms with van der Waals surface area (Å²) in [7, 11) is 0. The van der Waals surface area contributed by atoms with E-state index in [0.29, 0.717) is 25.0 Å². The Labute approximate surface area is 141 Å². The summed E-state index contributed by atoms with van der Waals surface area (Å²) in [6.45, 7) is 7.75. The number of aromatic nitrogens is 2. The van der Waals surface area contributed by atoms with Crippen LogP contribution in [0.3, 0.4) is 0 Å². The third kappa shape index (κ3) is 3.77. The average Bonchev–Trinajstić information content (AvgIpc) is 3.34. The third-order valence-corrected chi connectivity index (χ3v) is 5.05. The first kappa shape index (κ1) is 17.0. The molecule has 1 aromatic heterocycles. The van der Waals surface area contributed by atoms with Crippen molar-refractivity contribution in [2.24, 2.45) is 11.8 Å². The minimum Gasteiger partial charge on any atom is -0.337 e. The van der Waals surface area contributed by atoms with Crippen LogP contribution in [0.4, 0.5) is 0 Å². The Hall–Kier alpha value is -1.89. The number of H-pyrrole nitrogens is 2. The second-order valence-corrected chi connectivity index (χ2v) is 7.34. The van der Waals surface area contributed by atoms with E-state index < -0.39 is 11.2 Å². The summed E-state index contributed by atoms with van der Waals surface area (Å²) < 4.78 is 0. The predicted molar refractivity (Wildman–Crippen MR) is 91.1 cm³/mol. The van der Waals surface area contributed by atoms with Crippen molar-refractivity contribution >= 4 is 5.91 Å². The first-order chi connectivity index (χ1) is 11.5. The number of nitrogens with one attached hydrogen (secondary N) is 2. The Morgan fingerprint density at radius 2 is 2.04 bits per heavy atom. The largest absolute Gasteiger partial charge is 0.337 e. The van der Waals surface area contributed by atoms with E-state index in [1.165, 1.54) is 19.0 Å². The fourth-order valence-corrected chi connectivity index (χ4v) is 3.48. The summed E-state index contributed by atoms with van der Waals surface area (Å²) in [6, 6.07) is 0.305. The Balaban J connectivity index is 1.78. The Morgan fingerprint density at radius 3 is 2.67 bits per heavy atom. The SMILES string of the molecule is CC(C)[C@@H]1CN(C(=O)c2c[nH]c(=O)[nH]c2=O)CCCN1CC1CC1. The van der Waals surface area contributed by atoms with Crippen LogP contribution < -0.4 is 11.2 Å². The highest BCUT2D eigenvalue weighted by Crippen LogP contribution is 2.31. The number of hydrogen-bond acceptors (Lipinski definition) is 4. The van der Waals surface area contributed by atoms with Crippen molar-refractivity contribution in [1.29, 1.82) is 0 Å². The van der Waals surface area contributed by atoms with Crippen molar-refractivity contribution < 1.29 is 4.79 Å². The van der Waals surface area contributed by atoms with Gasteiger partial charge in [0.2, 0.25) is 0 Å². The highest BCUT2D eigenvalue weighted by molar-refractivity contribution is 5.93. The molecule has 2 aliphatic rings. The maximum atomic E-state index is 12.8. The molecule has 0 radical (unpaired) electrons. The molecule has 1 aliphatic heterocycles. The molecule has 3 rings (SSSR count). The molecule has 0 aromatic carbocycles. The van der Waals surface area contributed by atoms with Crippen LogP contribution in [-0.4, -0.2) is 57.9 Å². The topological polar surface area (TPSA) is 89.3 Å². The van der Waals surface area contributed by atoms with Crippen LogP contribution >= 0.6 is 0 Å². The molecule has 0 spiro atoms. The molecule has 2 N–H and O–H groups in total. The fourth-order valence-electron chi connectivity index (χ4n) is 3.48. The lowest BCUT2D eigenvalue weighted by Crippen LogP contribution is -2.47. The second kappa shape index (κ2) is 6.93. The van der Waals surface area contributed by atoms with Gasteiger partial charge in [-0.1, -0.05) is 13.8 Å². The molecule has 7 nitrogen and oxygen atoms in total. The molecule has 0 unspecified atom stereocenters. The molecular formula is C17H26N4O3. The van der Waals surface area contributed by atoms with Crippen molar-refractivity contribution in [2.45, 2.75) is 39.2 Å². The molecule has 1 saturated heterocycles. The van der Waals surface area contributed by atoms with E-state index in [0.717, 1.165) is 25.4 Å². The Morgan fingerprint density at radius 1 is 1.29 bits per heavy atom. The molecule has 1 aromatic rings. The van der Waals surface area contributed by atoms with Crippen molar-refractivity contribution in [1.82, 2.24) is 19.8 Å². The van der Waals surface area contributed by atoms with Crippen LogP contribution in [0.1, 0.15) is 43.5 Å². The lowest BCUT2D eigenvalue weighted by Gasteiger charge is -2.34. The zero-order chi connectivity index (χ0) is 17.3. The van der Waals surface area contributed by atoms with Crippen LogP contribution in [0.25, 0.3) is 0 Å². The summed E-state index contributed by atoms with van der Waals surface area (Å²) in [4.78, 5) is 44.6. The molecule has 132 valence electrons. The van der Waals surface area contributed by atoms with E-state index in [2.05, 4.69) is 28.7 Å². The third-order valence-electron chi connectivity index (χ3n) is 5.05. The van der Waals surface area contributed by atoms with E-state index in [9.17, 15) is 14.4 Å². The maximum Gasteiger partial charge on any atom is 0.325 e. The lowest BCUT2D eigenvalue weighted by molar-refractivity contribution is 0.0702. The zero-order valence-corrected chi connectivity index (χ0v) is 14.4. The Bertz CT molecular complexity index is 704. The summed E-state index contributed by atoms with van der Waals surface area (Å²) in [6.07, 6.45) is 4.76. The second-order valence-electron chi connectivity index (χ2n) is 7.34. The van der Waals surface area contributed by atoms with Crippen molar-refractivity contribution in [3.8, 4) is 0 Å². The monoisotopic (exact) mass is 334 g/mol. The van der Waals surface area contributed by atoms with Gasteiger partial charge in [0, 0.05) is 38.4 Å². The van der Waals surface area contributed by atoms with Gasteiger partial charge in [-0.05, 0) is 31.1 Å². The molecule has 1 amide bonds. The number of rotatable bonds is 4. The molecule has 2 fully saturated rings. The number of carbonyl (C=O) groups excluding carboxylic acids is 1. The first-order valence-electron chi connectivity index (χ1n) is 8.81. The Kier molecular flexibility index (Phi) is 4.89. The summed E-state index contributed by atoms with van der Waals surface area (Å²) in [5.74, 6) is 0.952. The zero-order valence-electron chi connectivity index (χ0n) is 14.4. The highest BCUT2D eigenvalue weighted by Gasteiger charge is 2.33. The normalized spacial score (nSPS) is 22.6. The van der Waals surface area contributed by atoms with Crippen LogP contribution in [-0.2, 0) is 0 Å². The van der Waals surface area contributed by atoms with E-state index in [1.54, 1.807) is 4.90 Å². The summed E-state index contributed by atoms with van der Waals surface area (Å²) in [5.41, 5.74) is -1.21. The number of amides is 1. The minimum atomic E-state index is -0.621. The quantitative estimate of drug-likeness (QED) is 0.846. The minimum absolute atomic E-state index is 0.00718. The van der Waals surface area contributed by atoms with Gasteiger partial charge in [-0.25, -0.2) is 4.79 Å². The highest BCUT2D eigenvalue weighted by atomic mass is 16.2.